The summed E-state index contributed by atoms with van der Waals surface area (Å²) in [7, 11) is 0. The molecule has 1 saturated heterocycles. The zero-order chi connectivity index (χ0) is 25.9. The standard InChI is InChI=1S/C30H30N4O3/c1-19-8-4-5-10-25(19)29-33-32-28(37-29)23-13-11-22(12-14-23)27(35)31-26-16-15-24(18-20(26)2)30(36)34-17-7-6-9-21(34)3/h4-5,8,10-16,18,21H,6-7,9,17H2,1-3H3,(H,31,35). The van der Waals surface area contributed by atoms with Crippen LogP contribution in [-0.2, 0) is 0 Å². The van der Waals surface area contributed by atoms with Gasteiger partial charge in [0, 0.05) is 40.5 Å². The van der Waals surface area contributed by atoms with Crippen molar-refractivity contribution < 1.29 is 14.0 Å². The van der Waals surface area contributed by atoms with Gasteiger partial charge in [-0.25, -0.2) is 0 Å². The minimum atomic E-state index is -0.232. The number of carbonyl (C=O) groups is 2. The van der Waals surface area contributed by atoms with Crippen molar-refractivity contribution in [2.24, 2.45) is 0 Å². The molecule has 37 heavy (non-hydrogen) atoms. The largest absolute Gasteiger partial charge is 0.416 e. The number of carbonyl (C=O) groups excluding carboxylic acids is 2. The highest BCUT2D eigenvalue weighted by atomic mass is 16.4. The van der Waals surface area contributed by atoms with Crippen LogP contribution in [0.4, 0.5) is 5.69 Å². The Morgan fingerprint density at radius 1 is 0.892 bits per heavy atom. The number of likely N-dealkylation sites (tertiary alicyclic amines) is 1. The first-order valence-corrected chi connectivity index (χ1v) is 12.6. The molecule has 1 aromatic heterocycles. The predicted molar refractivity (Wildman–Crippen MR) is 143 cm³/mol. The highest BCUT2D eigenvalue weighted by molar-refractivity contribution is 6.05. The average Bonchev–Trinajstić information content (AvgIpc) is 3.40. The van der Waals surface area contributed by atoms with Crippen LogP contribution in [-0.4, -0.2) is 39.5 Å². The Kier molecular flexibility index (Phi) is 6.86. The van der Waals surface area contributed by atoms with Crippen LogP contribution >= 0.6 is 0 Å². The zero-order valence-electron chi connectivity index (χ0n) is 21.3. The van der Waals surface area contributed by atoms with Crippen LogP contribution in [0.3, 0.4) is 0 Å². The van der Waals surface area contributed by atoms with Crippen molar-refractivity contribution in [3.8, 4) is 22.9 Å². The van der Waals surface area contributed by atoms with Crippen LogP contribution in [0, 0.1) is 13.8 Å². The van der Waals surface area contributed by atoms with Crippen molar-refractivity contribution in [1.82, 2.24) is 15.1 Å². The maximum Gasteiger partial charge on any atom is 0.255 e. The molecule has 7 heteroatoms. The fourth-order valence-corrected chi connectivity index (χ4v) is 4.72. The van der Waals surface area contributed by atoms with Gasteiger partial charge in [-0.05, 0) is 99.7 Å². The molecule has 2 heterocycles. The van der Waals surface area contributed by atoms with Gasteiger partial charge < -0.3 is 14.6 Å². The van der Waals surface area contributed by atoms with Crippen molar-refractivity contribution >= 4 is 17.5 Å². The van der Waals surface area contributed by atoms with Gasteiger partial charge in [-0.1, -0.05) is 18.2 Å². The lowest BCUT2D eigenvalue weighted by Crippen LogP contribution is -2.42. The van der Waals surface area contributed by atoms with E-state index in [2.05, 4.69) is 22.4 Å². The number of aryl methyl sites for hydroxylation is 2. The normalized spacial score (nSPS) is 15.4. The van der Waals surface area contributed by atoms with Gasteiger partial charge in [0.2, 0.25) is 11.8 Å². The molecule has 0 aliphatic carbocycles. The van der Waals surface area contributed by atoms with E-state index in [-0.39, 0.29) is 17.9 Å². The lowest BCUT2D eigenvalue weighted by atomic mass is 10.0. The predicted octanol–water partition coefficient (Wildman–Crippen LogP) is 6.29. The third-order valence-corrected chi connectivity index (χ3v) is 6.98. The highest BCUT2D eigenvalue weighted by Gasteiger charge is 2.24. The number of anilines is 1. The molecule has 3 aromatic carbocycles. The van der Waals surface area contributed by atoms with E-state index in [4.69, 9.17) is 4.42 Å². The first-order chi connectivity index (χ1) is 17.9. The lowest BCUT2D eigenvalue weighted by molar-refractivity contribution is 0.0635. The Bertz CT molecular complexity index is 1440. The number of nitrogens with one attached hydrogen (secondary N) is 1. The molecule has 1 aliphatic heterocycles. The minimum absolute atomic E-state index is 0.0513. The molecule has 1 unspecified atom stereocenters. The fraction of sp³-hybridized carbons (Fsp3) is 0.267. The van der Waals surface area contributed by atoms with Crippen LogP contribution in [0.15, 0.2) is 71.1 Å². The Labute approximate surface area is 216 Å². The summed E-state index contributed by atoms with van der Waals surface area (Å²) < 4.78 is 5.88. The molecule has 7 nitrogen and oxygen atoms in total. The third kappa shape index (κ3) is 5.16. The van der Waals surface area contributed by atoms with Crippen molar-refractivity contribution in [2.45, 2.75) is 46.1 Å². The fourth-order valence-electron chi connectivity index (χ4n) is 4.72. The van der Waals surface area contributed by atoms with E-state index >= 15 is 0 Å². The number of benzene rings is 3. The summed E-state index contributed by atoms with van der Waals surface area (Å²) in [5, 5.41) is 11.3. The third-order valence-electron chi connectivity index (χ3n) is 6.98. The van der Waals surface area contributed by atoms with E-state index in [1.54, 1.807) is 36.4 Å². The number of hydrogen-bond donors (Lipinski definition) is 1. The molecule has 2 amide bonds. The smallest absolute Gasteiger partial charge is 0.255 e. The summed E-state index contributed by atoms with van der Waals surface area (Å²) >= 11 is 0. The van der Waals surface area contributed by atoms with Gasteiger partial charge in [-0.3, -0.25) is 9.59 Å². The molecule has 0 saturated carbocycles. The topological polar surface area (TPSA) is 88.3 Å². The Morgan fingerprint density at radius 2 is 1.62 bits per heavy atom. The number of rotatable bonds is 5. The van der Waals surface area contributed by atoms with Gasteiger partial charge >= 0.3 is 0 Å². The summed E-state index contributed by atoms with van der Waals surface area (Å²) in [4.78, 5) is 27.8. The van der Waals surface area contributed by atoms with Crippen LogP contribution in [0.1, 0.15) is 58.0 Å². The summed E-state index contributed by atoms with van der Waals surface area (Å²) in [6.07, 6.45) is 3.25. The number of nitrogens with zero attached hydrogens (tertiary/aromatic N) is 3. The molecule has 188 valence electrons. The molecule has 4 aromatic rings. The summed E-state index contributed by atoms with van der Waals surface area (Å²) in [5.41, 5.74) is 5.36. The Hall–Kier alpha value is -4.26. The SMILES string of the molecule is Cc1cc(C(=O)N2CCCCC2C)ccc1NC(=O)c1ccc(-c2nnc(-c3ccccc3C)o2)cc1. The van der Waals surface area contributed by atoms with E-state index in [0.717, 1.165) is 41.6 Å². The average molecular weight is 495 g/mol. The highest BCUT2D eigenvalue weighted by Crippen LogP contribution is 2.27. The molecule has 1 N–H and O–H groups in total. The molecular weight excluding hydrogens is 464 g/mol. The van der Waals surface area contributed by atoms with Crippen molar-refractivity contribution in [2.75, 3.05) is 11.9 Å². The van der Waals surface area contributed by atoms with Gasteiger partial charge in [-0.2, -0.15) is 0 Å². The first kappa shape index (κ1) is 24.4. The number of aromatic nitrogens is 2. The van der Waals surface area contributed by atoms with Crippen LogP contribution in [0.25, 0.3) is 22.9 Å². The van der Waals surface area contributed by atoms with E-state index in [1.807, 2.05) is 49.1 Å². The van der Waals surface area contributed by atoms with Gasteiger partial charge in [0.05, 0.1) is 0 Å². The first-order valence-electron chi connectivity index (χ1n) is 12.6. The summed E-state index contributed by atoms with van der Waals surface area (Å²) in [6, 6.07) is 20.6. The minimum Gasteiger partial charge on any atom is -0.416 e. The molecule has 1 fully saturated rings. The van der Waals surface area contributed by atoms with Gasteiger partial charge in [0.1, 0.15) is 0 Å². The van der Waals surface area contributed by atoms with Crippen molar-refractivity contribution in [3.05, 3.63) is 89.0 Å². The Morgan fingerprint density at radius 3 is 2.35 bits per heavy atom. The van der Waals surface area contributed by atoms with Gasteiger partial charge in [0.15, 0.2) is 0 Å². The van der Waals surface area contributed by atoms with Crippen LogP contribution in [0.2, 0.25) is 0 Å². The molecule has 0 spiro atoms. The molecule has 1 atom stereocenters. The molecular formula is C30H30N4O3. The molecule has 0 bridgehead atoms. The zero-order valence-corrected chi connectivity index (χ0v) is 21.3. The van der Waals surface area contributed by atoms with E-state index < -0.39 is 0 Å². The van der Waals surface area contributed by atoms with E-state index in [0.29, 0.717) is 28.6 Å². The molecule has 0 radical (unpaired) electrons. The summed E-state index contributed by atoms with van der Waals surface area (Å²) in [5.74, 6) is 0.672. The lowest BCUT2D eigenvalue weighted by Gasteiger charge is -2.33. The second-order valence-corrected chi connectivity index (χ2v) is 9.63. The molecule has 5 rings (SSSR count). The second kappa shape index (κ2) is 10.4. The number of piperidine rings is 1. The monoisotopic (exact) mass is 494 g/mol. The van der Waals surface area contributed by atoms with Gasteiger partial charge in [0.25, 0.3) is 11.8 Å². The quantitative estimate of drug-likeness (QED) is 0.352. The van der Waals surface area contributed by atoms with Gasteiger partial charge in [-0.15, -0.1) is 10.2 Å². The maximum atomic E-state index is 13.0. The van der Waals surface area contributed by atoms with E-state index in [9.17, 15) is 9.59 Å². The number of amides is 2. The number of hydrogen-bond acceptors (Lipinski definition) is 5. The molecule has 1 aliphatic rings. The van der Waals surface area contributed by atoms with Crippen molar-refractivity contribution in [3.63, 3.8) is 0 Å². The van der Waals surface area contributed by atoms with E-state index in [1.165, 1.54) is 6.42 Å². The van der Waals surface area contributed by atoms with Crippen molar-refractivity contribution in [1.29, 1.82) is 0 Å². The summed E-state index contributed by atoms with van der Waals surface area (Å²) in [6.45, 7) is 6.79. The second-order valence-electron chi connectivity index (χ2n) is 9.63. The van der Waals surface area contributed by atoms with Crippen LogP contribution < -0.4 is 5.32 Å². The Balaban J connectivity index is 1.26. The maximum absolute atomic E-state index is 13.0. The van der Waals surface area contributed by atoms with Crippen LogP contribution in [0.5, 0.6) is 0 Å².